The molecule has 0 aliphatic carbocycles. The molecule has 4 aliphatic rings. The van der Waals surface area contributed by atoms with Gasteiger partial charge < -0.3 is 30.8 Å². The van der Waals surface area contributed by atoms with Gasteiger partial charge in [0.1, 0.15) is 11.5 Å². The zero-order chi connectivity index (χ0) is 24.0. The summed E-state index contributed by atoms with van der Waals surface area (Å²) in [6.45, 7) is 7.35. The number of rotatable bonds is 7. The van der Waals surface area contributed by atoms with Crippen LogP contribution in [-0.4, -0.2) is 81.5 Å². The molecule has 0 unspecified atom stereocenters. The highest BCUT2D eigenvalue weighted by Gasteiger charge is 2.60. The van der Waals surface area contributed by atoms with E-state index in [-0.39, 0.29) is 64.4 Å². The first-order valence-corrected chi connectivity index (χ1v) is 12.7. The molecule has 0 spiro atoms. The summed E-state index contributed by atoms with van der Waals surface area (Å²) < 4.78 is 0. The van der Waals surface area contributed by atoms with Gasteiger partial charge in [0.25, 0.3) is 0 Å². The van der Waals surface area contributed by atoms with Gasteiger partial charge in [0, 0.05) is 48.2 Å². The summed E-state index contributed by atoms with van der Waals surface area (Å²) in [6.07, 6.45) is 2.57. The molecule has 4 N–H and O–H groups in total. The second kappa shape index (κ2) is 9.38. The highest BCUT2D eigenvalue weighted by molar-refractivity contribution is 8.03. The second-order valence-corrected chi connectivity index (χ2v) is 11.4. The number of β-lactam (4-membered cyclic amide) rings is 1. The highest BCUT2D eigenvalue weighted by Crippen LogP contribution is 2.53. The lowest BCUT2D eigenvalue weighted by Crippen LogP contribution is -2.62. The Morgan fingerprint density at radius 2 is 1.94 bits per heavy atom. The molecule has 10 heteroatoms. The first-order valence-electron chi connectivity index (χ1n) is 11.8. The lowest BCUT2D eigenvalue weighted by molar-refractivity contribution is -0.160. The first kappa shape index (κ1) is 24.2. The van der Waals surface area contributed by atoms with E-state index in [0.717, 1.165) is 12.8 Å². The fraction of sp³-hybridized carbons (Fsp3) is 0.739. The Balaban J connectivity index is 1.43. The number of carboxylic acids is 1. The van der Waals surface area contributed by atoms with E-state index in [1.54, 1.807) is 0 Å². The number of thioether (sulfide) groups is 1. The Morgan fingerprint density at radius 1 is 1.27 bits per heavy atom. The van der Waals surface area contributed by atoms with Crippen LogP contribution < -0.4 is 11.1 Å². The second-order valence-electron chi connectivity index (χ2n) is 10.0. The molecule has 6 atom stereocenters. The lowest BCUT2D eigenvalue weighted by atomic mass is 9.73. The Morgan fingerprint density at radius 3 is 2.55 bits per heavy atom. The van der Waals surface area contributed by atoms with Gasteiger partial charge in [-0.15, -0.1) is 11.8 Å². The van der Waals surface area contributed by atoms with Gasteiger partial charge in [0.05, 0.1) is 18.0 Å². The SMILES string of the molecule is CC(=O)C[C@H](C)[C@H]1C(=O)N2C(C(=O)O)=C(S[C@@H]3CN[C@H](C(=O)N4CCC(N)CC4)C3)[C@H](C)[C@H]12. The van der Waals surface area contributed by atoms with Crippen LogP contribution >= 0.6 is 11.8 Å². The van der Waals surface area contributed by atoms with Crippen molar-refractivity contribution in [3.05, 3.63) is 10.6 Å². The van der Waals surface area contributed by atoms with Crippen LogP contribution in [0, 0.1) is 17.8 Å². The predicted octanol–water partition coefficient (Wildman–Crippen LogP) is 0.788. The van der Waals surface area contributed by atoms with Crippen LogP contribution in [0.2, 0.25) is 0 Å². The maximum atomic E-state index is 12.9. The fourth-order valence-electron chi connectivity index (χ4n) is 5.85. The number of carbonyl (C=O) groups excluding carboxylic acids is 3. The number of carboxylic acid groups (broad SMARTS) is 1. The molecule has 0 aromatic rings. The molecular formula is C23H34N4O5S. The maximum absolute atomic E-state index is 12.9. The van der Waals surface area contributed by atoms with Gasteiger partial charge in [0.15, 0.2) is 0 Å². The molecule has 4 rings (SSSR count). The van der Waals surface area contributed by atoms with Gasteiger partial charge in [0.2, 0.25) is 11.8 Å². The molecule has 3 fully saturated rings. The van der Waals surface area contributed by atoms with Crippen molar-refractivity contribution in [1.82, 2.24) is 15.1 Å². The molecule has 9 nitrogen and oxygen atoms in total. The largest absolute Gasteiger partial charge is 0.477 e. The number of nitrogens with zero attached hydrogens (tertiary/aromatic N) is 2. The molecule has 3 saturated heterocycles. The van der Waals surface area contributed by atoms with Gasteiger partial charge in [-0.2, -0.15) is 0 Å². The number of amides is 2. The minimum atomic E-state index is -1.10. The Labute approximate surface area is 198 Å². The van der Waals surface area contributed by atoms with Crippen LogP contribution in [0.15, 0.2) is 10.6 Å². The van der Waals surface area contributed by atoms with Crippen LogP contribution in [0.3, 0.4) is 0 Å². The van der Waals surface area contributed by atoms with Crippen molar-refractivity contribution in [1.29, 1.82) is 0 Å². The number of fused-ring (bicyclic) bond motifs is 1. The van der Waals surface area contributed by atoms with Gasteiger partial charge in [-0.3, -0.25) is 9.59 Å². The third-order valence-corrected chi connectivity index (χ3v) is 9.06. The van der Waals surface area contributed by atoms with Crippen LogP contribution in [0.25, 0.3) is 0 Å². The summed E-state index contributed by atoms with van der Waals surface area (Å²) in [4.78, 5) is 53.5. The summed E-state index contributed by atoms with van der Waals surface area (Å²) >= 11 is 1.49. The van der Waals surface area contributed by atoms with E-state index in [4.69, 9.17) is 5.73 Å². The molecule has 0 saturated carbocycles. The molecule has 0 aromatic carbocycles. The van der Waals surface area contributed by atoms with Crippen LogP contribution in [-0.2, 0) is 19.2 Å². The van der Waals surface area contributed by atoms with Crippen LogP contribution in [0.4, 0.5) is 0 Å². The van der Waals surface area contributed by atoms with Crippen molar-refractivity contribution < 1.29 is 24.3 Å². The molecule has 0 bridgehead atoms. The average molecular weight is 479 g/mol. The van der Waals surface area contributed by atoms with Gasteiger partial charge in [-0.1, -0.05) is 13.8 Å². The normalized spacial score (nSPS) is 33.2. The van der Waals surface area contributed by atoms with Crippen LogP contribution in [0.1, 0.15) is 46.5 Å². The smallest absolute Gasteiger partial charge is 0.353 e. The molecule has 4 aliphatic heterocycles. The topological polar surface area (TPSA) is 133 Å². The zero-order valence-electron chi connectivity index (χ0n) is 19.5. The van der Waals surface area contributed by atoms with E-state index in [1.165, 1.54) is 23.6 Å². The van der Waals surface area contributed by atoms with E-state index in [0.29, 0.717) is 37.4 Å². The number of aliphatic carboxylic acids is 1. The summed E-state index contributed by atoms with van der Waals surface area (Å²) in [5, 5.41) is 13.3. The van der Waals surface area contributed by atoms with Gasteiger partial charge >= 0.3 is 5.97 Å². The third kappa shape index (κ3) is 4.44. The zero-order valence-corrected chi connectivity index (χ0v) is 20.3. The molecule has 0 aromatic heterocycles. The van der Waals surface area contributed by atoms with Crippen molar-refractivity contribution >= 4 is 35.3 Å². The number of nitrogens with two attached hydrogens (primary N) is 1. The number of likely N-dealkylation sites (tertiary alicyclic amines) is 1. The van der Waals surface area contributed by atoms with E-state index in [1.807, 2.05) is 18.7 Å². The monoisotopic (exact) mass is 478 g/mol. The summed E-state index contributed by atoms with van der Waals surface area (Å²) in [7, 11) is 0. The average Bonchev–Trinajstić information content (AvgIpc) is 3.30. The van der Waals surface area contributed by atoms with Gasteiger partial charge in [-0.05, 0) is 32.1 Å². The van der Waals surface area contributed by atoms with Crippen molar-refractivity contribution in [2.24, 2.45) is 23.5 Å². The van der Waals surface area contributed by atoms with E-state index >= 15 is 0 Å². The minimum Gasteiger partial charge on any atom is -0.477 e. The van der Waals surface area contributed by atoms with E-state index < -0.39 is 5.97 Å². The molecule has 182 valence electrons. The van der Waals surface area contributed by atoms with Crippen molar-refractivity contribution in [3.8, 4) is 0 Å². The number of hydrogen-bond acceptors (Lipinski definition) is 7. The summed E-state index contributed by atoms with van der Waals surface area (Å²) in [5.41, 5.74) is 6.03. The number of hydrogen-bond donors (Lipinski definition) is 3. The maximum Gasteiger partial charge on any atom is 0.353 e. The molecule has 2 amide bonds. The fourth-order valence-corrected chi connectivity index (χ4v) is 7.33. The van der Waals surface area contributed by atoms with Crippen LogP contribution in [0.5, 0.6) is 0 Å². The standard InChI is InChI=1S/C23H34N4O5S/c1-11(8-12(2)28)17-18-13(3)20(19(23(31)32)27(18)22(17)30)33-15-9-16(25-10-15)21(29)26-6-4-14(24)5-7-26/h11,13-18,25H,4-10,24H2,1-3H3,(H,31,32)/t11-,13+,15-,16-,17+,18+/m0/s1. The molecule has 4 heterocycles. The molecule has 0 radical (unpaired) electrons. The number of Topliss-reactive ketones (excluding diaryl/α,β-unsaturated/α-hetero) is 1. The highest BCUT2D eigenvalue weighted by atomic mass is 32.2. The number of piperidine rings is 1. The lowest BCUT2D eigenvalue weighted by Gasteiger charge is -2.47. The number of nitrogens with one attached hydrogen (secondary N) is 1. The Bertz CT molecular complexity index is 884. The summed E-state index contributed by atoms with van der Waals surface area (Å²) in [5.74, 6) is -1.74. The Hall–Kier alpha value is -1.91. The molecule has 33 heavy (non-hydrogen) atoms. The number of ketones is 1. The minimum absolute atomic E-state index is 0.0313. The quantitative estimate of drug-likeness (QED) is 0.458. The first-order chi connectivity index (χ1) is 15.6. The van der Waals surface area contributed by atoms with Crippen molar-refractivity contribution in [3.63, 3.8) is 0 Å². The van der Waals surface area contributed by atoms with E-state index in [2.05, 4.69) is 5.32 Å². The van der Waals surface area contributed by atoms with E-state index in [9.17, 15) is 24.3 Å². The third-order valence-electron chi connectivity index (χ3n) is 7.55. The predicted molar refractivity (Wildman–Crippen MR) is 124 cm³/mol. The molecular weight excluding hydrogens is 444 g/mol. The van der Waals surface area contributed by atoms with Gasteiger partial charge in [-0.25, -0.2) is 4.79 Å². The summed E-state index contributed by atoms with van der Waals surface area (Å²) in [6, 6.07) is -0.330. The Kier molecular flexibility index (Phi) is 6.89. The van der Waals surface area contributed by atoms with Crippen molar-refractivity contribution in [2.45, 2.75) is 69.8 Å². The van der Waals surface area contributed by atoms with Crippen molar-refractivity contribution in [2.75, 3.05) is 19.6 Å². The number of carbonyl (C=O) groups is 4.